The first-order valence-corrected chi connectivity index (χ1v) is 4.94. The van der Waals surface area contributed by atoms with Crippen molar-refractivity contribution in [2.24, 2.45) is 0 Å². The molecule has 0 saturated heterocycles. The molecule has 1 rings (SSSR count). The van der Waals surface area contributed by atoms with Gasteiger partial charge in [0.25, 0.3) is 0 Å². The molecular weight excluding hydrogens is 243 g/mol. The largest absolute Gasteiger partial charge is 0.416 e. The highest BCUT2D eigenvalue weighted by molar-refractivity contribution is 6.31. The Bertz CT molecular complexity index is 368. The fraction of sp³-hybridized carbons (Fsp3) is 0.400. The average Bonchev–Trinajstić information content (AvgIpc) is 2.18. The summed E-state index contributed by atoms with van der Waals surface area (Å²) in [6, 6.07) is 4.87. The average molecular weight is 254 g/mol. The third-order valence-electron chi connectivity index (χ3n) is 2.13. The summed E-state index contributed by atoms with van der Waals surface area (Å²) in [5, 5.41) is 11.8. The molecule has 0 aliphatic rings. The van der Waals surface area contributed by atoms with Crippen LogP contribution in [-0.2, 0) is 0 Å². The summed E-state index contributed by atoms with van der Waals surface area (Å²) in [4.78, 5) is 0. The van der Waals surface area contributed by atoms with Crippen LogP contribution >= 0.6 is 11.6 Å². The molecule has 2 nitrogen and oxygen atoms in total. The molecule has 2 N–H and O–H groups in total. The van der Waals surface area contributed by atoms with Crippen molar-refractivity contribution in [2.75, 3.05) is 11.9 Å². The zero-order valence-corrected chi connectivity index (χ0v) is 9.23. The van der Waals surface area contributed by atoms with Gasteiger partial charge in [-0.15, -0.1) is 0 Å². The molecule has 1 aromatic rings. The highest BCUT2D eigenvalue weighted by Gasteiger charge is 2.37. The van der Waals surface area contributed by atoms with Gasteiger partial charge in [0.1, 0.15) is 0 Å². The van der Waals surface area contributed by atoms with Gasteiger partial charge in [-0.25, -0.2) is 0 Å². The predicted octanol–water partition coefficient (Wildman–Crippen LogP) is 2.98. The minimum atomic E-state index is -4.61. The lowest BCUT2D eigenvalue weighted by molar-refractivity contribution is -0.198. The lowest BCUT2D eigenvalue weighted by Crippen LogP contribution is -2.35. The van der Waals surface area contributed by atoms with Crippen LogP contribution in [0, 0.1) is 6.92 Å². The van der Waals surface area contributed by atoms with Crippen LogP contribution in [0.2, 0.25) is 5.02 Å². The van der Waals surface area contributed by atoms with Crippen LogP contribution in [0.15, 0.2) is 18.2 Å². The highest BCUT2D eigenvalue weighted by atomic mass is 35.5. The van der Waals surface area contributed by atoms with Crippen LogP contribution in [0.3, 0.4) is 0 Å². The summed E-state index contributed by atoms with van der Waals surface area (Å²) in [5.41, 5.74) is 1.13. The lowest BCUT2D eigenvalue weighted by Gasteiger charge is -2.17. The Balaban J connectivity index is 2.65. The Morgan fingerprint density at radius 3 is 2.62 bits per heavy atom. The number of nitrogens with one attached hydrogen (secondary N) is 1. The second-order valence-corrected chi connectivity index (χ2v) is 3.76. The van der Waals surface area contributed by atoms with Crippen molar-refractivity contribution in [2.45, 2.75) is 19.2 Å². The number of hydrogen-bond donors (Lipinski definition) is 2. The maximum absolute atomic E-state index is 12.0. The van der Waals surface area contributed by atoms with Gasteiger partial charge in [0.05, 0.1) is 0 Å². The van der Waals surface area contributed by atoms with E-state index >= 15 is 0 Å². The second kappa shape index (κ2) is 4.93. The number of anilines is 1. The molecule has 1 atom stereocenters. The molecule has 0 radical (unpaired) electrons. The van der Waals surface area contributed by atoms with Gasteiger partial charge in [-0.05, 0) is 24.6 Å². The number of aliphatic hydroxyl groups is 1. The summed E-state index contributed by atoms with van der Waals surface area (Å²) in [5.74, 6) is 0. The van der Waals surface area contributed by atoms with Crippen molar-refractivity contribution in [3.05, 3.63) is 28.8 Å². The van der Waals surface area contributed by atoms with Gasteiger partial charge in [-0.2, -0.15) is 13.2 Å². The van der Waals surface area contributed by atoms with Gasteiger partial charge in [-0.3, -0.25) is 0 Å². The van der Waals surface area contributed by atoms with Crippen LogP contribution in [0.1, 0.15) is 5.56 Å². The zero-order valence-electron chi connectivity index (χ0n) is 8.48. The molecule has 1 aromatic carbocycles. The van der Waals surface area contributed by atoms with Crippen molar-refractivity contribution in [1.82, 2.24) is 0 Å². The number of rotatable bonds is 3. The molecular formula is C10H11ClF3NO. The van der Waals surface area contributed by atoms with Crippen LogP contribution in [-0.4, -0.2) is 23.9 Å². The number of hydrogen-bond acceptors (Lipinski definition) is 2. The van der Waals surface area contributed by atoms with E-state index in [0.29, 0.717) is 16.3 Å². The zero-order chi connectivity index (χ0) is 12.3. The second-order valence-electron chi connectivity index (χ2n) is 3.35. The number of alkyl halides is 3. The fourth-order valence-corrected chi connectivity index (χ4v) is 1.30. The summed E-state index contributed by atoms with van der Waals surface area (Å²) >= 11 is 5.79. The van der Waals surface area contributed by atoms with E-state index in [1.54, 1.807) is 25.1 Å². The van der Waals surface area contributed by atoms with Crippen molar-refractivity contribution in [3.8, 4) is 0 Å². The molecule has 6 heteroatoms. The number of halogens is 4. The molecule has 0 aliphatic heterocycles. The standard InChI is InChI=1S/C10H11ClF3NO/c1-6-7(11)3-2-4-8(6)15-5-9(16)10(12,13)14/h2-4,9,15-16H,5H2,1H3. The van der Waals surface area contributed by atoms with Crippen LogP contribution in [0.5, 0.6) is 0 Å². The van der Waals surface area contributed by atoms with Crippen LogP contribution < -0.4 is 5.32 Å². The van der Waals surface area contributed by atoms with E-state index in [2.05, 4.69) is 5.32 Å². The molecule has 16 heavy (non-hydrogen) atoms. The summed E-state index contributed by atoms with van der Waals surface area (Å²) in [7, 11) is 0. The van der Waals surface area contributed by atoms with E-state index in [-0.39, 0.29) is 0 Å². The van der Waals surface area contributed by atoms with Gasteiger partial charge < -0.3 is 10.4 Å². The van der Waals surface area contributed by atoms with E-state index in [1.807, 2.05) is 0 Å². The minimum absolute atomic E-state index is 0.464. The van der Waals surface area contributed by atoms with Crippen LogP contribution in [0.25, 0.3) is 0 Å². The predicted molar refractivity (Wildman–Crippen MR) is 56.7 cm³/mol. The summed E-state index contributed by atoms with van der Waals surface area (Å²) in [6.45, 7) is 1.09. The fourth-order valence-electron chi connectivity index (χ4n) is 1.12. The van der Waals surface area contributed by atoms with E-state index in [9.17, 15) is 13.2 Å². The minimum Gasteiger partial charge on any atom is -0.382 e. The van der Waals surface area contributed by atoms with Crippen LogP contribution in [0.4, 0.5) is 18.9 Å². The van der Waals surface area contributed by atoms with Crippen molar-refractivity contribution < 1.29 is 18.3 Å². The Morgan fingerprint density at radius 2 is 2.06 bits per heavy atom. The Morgan fingerprint density at radius 1 is 1.44 bits per heavy atom. The number of aliphatic hydroxyl groups excluding tert-OH is 1. The molecule has 0 bridgehead atoms. The maximum Gasteiger partial charge on any atom is 0.416 e. The first-order valence-electron chi connectivity index (χ1n) is 4.56. The Labute approximate surface area is 96.0 Å². The third kappa shape index (κ3) is 3.28. The maximum atomic E-state index is 12.0. The quantitative estimate of drug-likeness (QED) is 0.868. The van der Waals surface area contributed by atoms with Gasteiger partial charge in [0, 0.05) is 17.3 Å². The Hall–Kier alpha value is -0.940. The molecule has 0 fully saturated rings. The topological polar surface area (TPSA) is 32.3 Å². The molecule has 0 aliphatic carbocycles. The number of benzene rings is 1. The van der Waals surface area contributed by atoms with Gasteiger partial charge in [-0.1, -0.05) is 17.7 Å². The molecule has 0 amide bonds. The highest BCUT2D eigenvalue weighted by Crippen LogP contribution is 2.24. The molecule has 0 spiro atoms. The van der Waals surface area contributed by atoms with Crippen molar-refractivity contribution >= 4 is 17.3 Å². The van der Waals surface area contributed by atoms with Crippen molar-refractivity contribution in [3.63, 3.8) is 0 Å². The van der Waals surface area contributed by atoms with Gasteiger partial charge >= 0.3 is 6.18 Å². The molecule has 90 valence electrons. The summed E-state index contributed by atoms with van der Waals surface area (Å²) in [6.07, 6.45) is -7.00. The monoisotopic (exact) mass is 253 g/mol. The first-order chi connectivity index (χ1) is 7.32. The normalized spacial score (nSPS) is 13.6. The van der Waals surface area contributed by atoms with E-state index in [4.69, 9.17) is 16.7 Å². The lowest BCUT2D eigenvalue weighted by atomic mass is 10.2. The third-order valence-corrected chi connectivity index (χ3v) is 2.54. The molecule has 0 aromatic heterocycles. The van der Waals surface area contributed by atoms with E-state index in [1.165, 1.54) is 0 Å². The van der Waals surface area contributed by atoms with E-state index in [0.717, 1.165) is 0 Å². The van der Waals surface area contributed by atoms with Gasteiger partial charge in [0.2, 0.25) is 0 Å². The SMILES string of the molecule is Cc1c(Cl)cccc1NCC(O)C(F)(F)F. The van der Waals surface area contributed by atoms with Crippen molar-refractivity contribution in [1.29, 1.82) is 0 Å². The van der Waals surface area contributed by atoms with Gasteiger partial charge in [0.15, 0.2) is 6.10 Å². The Kier molecular flexibility index (Phi) is 4.04. The van der Waals surface area contributed by atoms with E-state index < -0.39 is 18.8 Å². The smallest absolute Gasteiger partial charge is 0.382 e. The molecule has 1 unspecified atom stereocenters. The summed E-state index contributed by atoms with van der Waals surface area (Å²) < 4.78 is 36.0. The molecule has 0 heterocycles. The first kappa shape index (κ1) is 13.1. The molecule has 0 saturated carbocycles.